The van der Waals surface area contributed by atoms with Crippen LogP contribution in [0.2, 0.25) is 10.0 Å². The molecule has 0 saturated carbocycles. The van der Waals surface area contributed by atoms with Crippen LogP contribution in [0.3, 0.4) is 0 Å². The van der Waals surface area contributed by atoms with Crippen molar-refractivity contribution in [1.82, 2.24) is 10.6 Å². The Kier molecular flexibility index (Phi) is 8.18. The van der Waals surface area contributed by atoms with Gasteiger partial charge < -0.3 is 20.5 Å². The Morgan fingerprint density at radius 2 is 1.81 bits per heavy atom. The molecular weight excluding hydrogens is 379 g/mol. The summed E-state index contributed by atoms with van der Waals surface area (Å²) >= 11 is 12.0. The van der Waals surface area contributed by atoms with Crippen LogP contribution < -0.4 is 10.6 Å². The Hall–Kier alpha value is -1.50. The van der Waals surface area contributed by atoms with Crippen molar-refractivity contribution in [2.24, 2.45) is 5.92 Å². The average molecular weight is 405 g/mol. The van der Waals surface area contributed by atoms with E-state index in [2.05, 4.69) is 10.6 Å². The quantitative estimate of drug-likeness (QED) is 0.674. The van der Waals surface area contributed by atoms with Gasteiger partial charge in [-0.15, -0.1) is 0 Å². The lowest BCUT2D eigenvalue weighted by atomic mass is 10.0. The molecule has 3 N–H and O–H groups in total. The molecule has 0 fully saturated rings. The molecule has 146 valence electrons. The summed E-state index contributed by atoms with van der Waals surface area (Å²) in [6.07, 6.45) is -0.684. The predicted molar refractivity (Wildman–Crippen MR) is 102 cm³/mol. The molecule has 0 aliphatic rings. The van der Waals surface area contributed by atoms with Crippen molar-refractivity contribution in [2.45, 2.75) is 52.3 Å². The van der Waals surface area contributed by atoms with Crippen molar-refractivity contribution in [3.8, 4) is 0 Å². The zero-order valence-corrected chi connectivity index (χ0v) is 17.1. The third kappa shape index (κ3) is 7.02. The summed E-state index contributed by atoms with van der Waals surface area (Å²) in [5.74, 6) is -0.640. The zero-order valence-electron chi connectivity index (χ0n) is 15.6. The van der Waals surface area contributed by atoms with Crippen LogP contribution in [0.1, 0.15) is 46.2 Å². The van der Waals surface area contributed by atoms with Gasteiger partial charge in [-0.05, 0) is 44.4 Å². The molecule has 2 atom stereocenters. The van der Waals surface area contributed by atoms with Crippen LogP contribution in [0, 0.1) is 5.92 Å². The van der Waals surface area contributed by atoms with Gasteiger partial charge in [0.25, 0.3) is 0 Å². The smallest absolute Gasteiger partial charge is 0.408 e. The Labute approximate surface area is 164 Å². The highest BCUT2D eigenvalue weighted by Crippen LogP contribution is 2.26. The Morgan fingerprint density at radius 3 is 2.27 bits per heavy atom. The lowest BCUT2D eigenvalue weighted by Gasteiger charge is -2.27. The molecule has 0 heterocycles. The van der Waals surface area contributed by atoms with E-state index in [-0.39, 0.29) is 12.5 Å². The topological polar surface area (TPSA) is 87.7 Å². The number of ether oxygens (including phenoxy) is 1. The molecule has 0 aliphatic heterocycles. The summed E-state index contributed by atoms with van der Waals surface area (Å²) in [6.45, 7) is 8.45. The minimum absolute atomic E-state index is 0.192. The number of amides is 2. The minimum Gasteiger partial charge on any atom is -0.444 e. The first-order chi connectivity index (χ1) is 11.9. The summed E-state index contributed by atoms with van der Waals surface area (Å²) in [5.41, 5.74) is -0.140. The summed E-state index contributed by atoms with van der Waals surface area (Å²) in [5, 5.41) is 15.7. The van der Waals surface area contributed by atoms with Gasteiger partial charge in [0.2, 0.25) is 5.91 Å². The summed E-state index contributed by atoms with van der Waals surface area (Å²) in [4.78, 5) is 24.6. The fourth-order valence-electron chi connectivity index (χ4n) is 2.24. The fourth-order valence-corrected chi connectivity index (χ4v) is 2.78. The highest BCUT2D eigenvalue weighted by molar-refractivity contribution is 6.35. The van der Waals surface area contributed by atoms with Crippen LogP contribution in [-0.4, -0.2) is 35.4 Å². The van der Waals surface area contributed by atoms with Crippen LogP contribution in [0.15, 0.2) is 18.2 Å². The van der Waals surface area contributed by atoms with Crippen molar-refractivity contribution in [2.75, 3.05) is 6.61 Å². The van der Waals surface area contributed by atoms with Crippen LogP contribution in [0.4, 0.5) is 4.79 Å². The van der Waals surface area contributed by atoms with E-state index < -0.39 is 29.7 Å². The average Bonchev–Trinajstić information content (AvgIpc) is 2.48. The van der Waals surface area contributed by atoms with E-state index in [0.29, 0.717) is 15.6 Å². The van der Waals surface area contributed by atoms with E-state index in [9.17, 15) is 14.7 Å². The number of carbonyl (C=O) groups is 2. The van der Waals surface area contributed by atoms with Crippen LogP contribution in [0.25, 0.3) is 0 Å². The van der Waals surface area contributed by atoms with E-state index in [0.717, 1.165) is 0 Å². The molecule has 0 radical (unpaired) electrons. The van der Waals surface area contributed by atoms with Gasteiger partial charge in [0.05, 0.1) is 12.6 Å². The van der Waals surface area contributed by atoms with Gasteiger partial charge in [0.15, 0.2) is 0 Å². The van der Waals surface area contributed by atoms with E-state index in [1.165, 1.54) is 6.07 Å². The molecule has 0 aliphatic carbocycles. The molecular formula is C18H26Cl2N2O4. The molecule has 8 heteroatoms. The monoisotopic (exact) mass is 404 g/mol. The van der Waals surface area contributed by atoms with Gasteiger partial charge >= 0.3 is 6.09 Å². The van der Waals surface area contributed by atoms with Gasteiger partial charge in [0.1, 0.15) is 11.6 Å². The predicted octanol–water partition coefficient (Wildman–Crippen LogP) is 3.69. The number of nitrogens with one attached hydrogen (secondary N) is 2. The second-order valence-electron chi connectivity index (χ2n) is 7.28. The third-order valence-electron chi connectivity index (χ3n) is 3.46. The molecule has 2 unspecified atom stereocenters. The number of hydrogen-bond acceptors (Lipinski definition) is 4. The SMILES string of the molecule is CC(C)C(NC(=O)OC(C)(C)C)C(=O)NC(CO)c1ccc(Cl)cc1Cl. The number of carbonyl (C=O) groups excluding carboxylic acids is 2. The molecule has 1 aromatic rings. The summed E-state index contributed by atoms with van der Waals surface area (Å²) in [7, 11) is 0. The van der Waals surface area contributed by atoms with E-state index >= 15 is 0 Å². The number of alkyl carbamates (subject to hydrolysis) is 1. The molecule has 2 amide bonds. The minimum atomic E-state index is -0.829. The van der Waals surface area contributed by atoms with Crippen LogP contribution in [-0.2, 0) is 9.53 Å². The standard InChI is InChI=1S/C18H26Cl2N2O4/c1-10(2)15(22-17(25)26-18(3,4)5)16(24)21-14(9-23)12-7-6-11(19)8-13(12)20/h6-8,10,14-15,23H,9H2,1-5H3,(H,21,24)(H,22,25). The van der Waals surface area contributed by atoms with E-state index in [4.69, 9.17) is 27.9 Å². The Bertz CT molecular complexity index is 645. The van der Waals surface area contributed by atoms with Crippen molar-refractivity contribution in [3.05, 3.63) is 33.8 Å². The lowest BCUT2D eigenvalue weighted by Crippen LogP contribution is -2.51. The number of aliphatic hydroxyl groups is 1. The molecule has 1 rings (SSSR count). The molecule has 1 aromatic carbocycles. The van der Waals surface area contributed by atoms with Gasteiger partial charge in [-0.3, -0.25) is 4.79 Å². The Morgan fingerprint density at radius 1 is 1.19 bits per heavy atom. The molecule has 0 aromatic heterocycles. The third-order valence-corrected chi connectivity index (χ3v) is 4.02. The molecule has 26 heavy (non-hydrogen) atoms. The van der Waals surface area contributed by atoms with Gasteiger partial charge in [0, 0.05) is 10.0 Å². The maximum atomic E-state index is 12.6. The Balaban J connectivity index is 2.89. The number of halogens is 2. The zero-order chi connectivity index (χ0) is 20.1. The first-order valence-electron chi connectivity index (χ1n) is 8.30. The van der Waals surface area contributed by atoms with E-state index in [1.807, 2.05) is 0 Å². The van der Waals surface area contributed by atoms with Crippen molar-refractivity contribution >= 4 is 35.2 Å². The number of rotatable bonds is 6. The number of hydrogen-bond donors (Lipinski definition) is 3. The van der Waals surface area contributed by atoms with Crippen molar-refractivity contribution < 1.29 is 19.4 Å². The molecule has 6 nitrogen and oxygen atoms in total. The molecule has 0 spiro atoms. The van der Waals surface area contributed by atoms with E-state index in [1.54, 1.807) is 46.8 Å². The first kappa shape index (κ1) is 22.5. The van der Waals surface area contributed by atoms with Gasteiger partial charge in [-0.2, -0.15) is 0 Å². The first-order valence-corrected chi connectivity index (χ1v) is 9.06. The van der Waals surface area contributed by atoms with Crippen LogP contribution >= 0.6 is 23.2 Å². The second kappa shape index (κ2) is 9.44. The van der Waals surface area contributed by atoms with Crippen LogP contribution in [0.5, 0.6) is 0 Å². The molecule has 0 saturated heterocycles. The largest absolute Gasteiger partial charge is 0.444 e. The van der Waals surface area contributed by atoms with Gasteiger partial charge in [-0.25, -0.2) is 4.79 Å². The van der Waals surface area contributed by atoms with Crippen molar-refractivity contribution in [1.29, 1.82) is 0 Å². The van der Waals surface area contributed by atoms with Crippen molar-refractivity contribution in [3.63, 3.8) is 0 Å². The van der Waals surface area contributed by atoms with Gasteiger partial charge in [-0.1, -0.05) is 43.1 Å². The molecule has 0 bridgehead atoms. The number of aliphatic hydroxyl groups excluding tert-OH is 1. The second-order valence-corrected chi connectivity index (χ2v) is 8.12. The fraction of sp³-hybridized carbons (Fsp3) is 0.556. The normalized spacial score (nSPS) is 13.9. The number of benzene rings is 1. The highest BCUT2D eigenvalue weighted by Gasteiger charge is 2.29. The maximum absolute atomic E-state index is 12.6. The summed E-state index contributed by atoms with van der Waals surface area (Å²) in [6, 6.07) is 3.24. The lowest BCUT2D eigenvalue weighted by molar-refractivity contribution is -0.125. The maximum Gasteiger partial charge on any atom is 0.408 e. The summed E-state index contributed by atoms with van der Waals surface area (Å²) < 4.78 is 5.20. The highest BCUT2D eigenvalue weighted by atomic mass is 35.5.